The van der Waals surface area contributed by atoms with Gasteiger partial charge in [0.25, 0.3) is 5.91 Å². The third kappa shape index (κ3) is 6.22. The minimum atomic E-state index is -0.325. The lowest BCUT2D eigenvalue weighted by molar-refractivity contribution is -0.132. The van der Waals surface area contributed by atoms with Crippen LogP contribution in [-0.4, -0.2) is 53.1 Å². The van der Waals surface area contributed by atoms with Gasteiger partial charge in [0.1, 0.15) is 11.5 Å². The van der Waals surface area contributed by atoms with Crippen LogP contribution in [0.1, 0.15) is 45.1 Å². The Morgan fingerprint density at radius 2 is 1.90 bits per heavy atom. The minimum absolute atomic E-state index is 0.126. The average molecular weight is 400 g/mol. The van der Waals surface area contributed by atoms with E-state index >= 15 is 0 Å². The molecule has 2 heterocycles. The van der Waals surface area contributed by atoms with Crippen LogP contribution >= 0.6 is 0 Å². The fourth-order valence-corrected chi connectivity index (χ4v) is 3.49. The Morgan fingerprint density at radius 3 is 2.55 bits per heavy atom. The summed E-state index contributed by atoms with van der Waals surface area (Å²) in [7, 11) is 0. The molecule has 29 heavy (non-hydrogen) atoms. The zero-order chi connectivity index (χ0) is 20.8. The fraction of sp³-hybridized carbons (Fsp3) is 0.500. The Hall–Kier alpha value is -2.54. The highest BCUT2D eigenvalue weighted by molar-refractivity contribution is 6.39. The number of rotatable bonds is 6. The first-order valence-corrected chi connectivity index (χ1v) is 10.2. The number of nitrogens with zero attached hydrogens (tertiary/aromatic N) is 3. The van der Waals surface area contributed by atoms with E-state index in [2.05, 4.69) is 35.2 Å². The summed E-state index contributed by atoms with van der Waals surface area (Å²) in [5.74, 6) is -0.642. The third-order valence-electron chi connectivity index (χ3n) is 5.29. The number of halogens is 1. The van der Waals surface area contributed by atoms with Crippen LogP contribution in [-0.2, 0) is 16.1 Å². The second-order valence-corrected chi connectivity index (χ2v) is 7.95. The molecule has 0 aliphatic carbocycles. The predicted octanol–water partition coefficient (Wildman–Crippen LogP) is 2.85. The van der Waals surface area contributed by atoms with Gasteiger partial charge < -0.3 is 5.32 Å². The molecule has 0 aromatic heterocycles. The van der Waals surface area contributed by atoms with Crippen molar-refractivity contribution in [2.75, 3.05) is 19.6 Å². The molecule has 1 fully saturated rings. The number of nitrogens with one attached hydrogen (secondary N) is 1. The molecule has 156 valence electrons. The van der Waals surface area contributed by atoms with Crippen LogP contribution in [0.5, 0.6) is 0 Å². The normalized spacial score (nSPS) is 18.4. The zero-order valence-electron chi connectivity index (χ0n) is 17.2. The van der Waals surface area contributed by atoms with Crippen molar-refractivity contribution in [1.82, 2.24) is 15.2 Å². The fourth-order valence-electron chi connectivity index (χ4n) is 3.49. The SMILES string of the molecule is CC(C)=CCN1CCC(NC(=O)C2=NN(Cc3ccc(F)cc3)C(=O)CC2)CC1. The monoisotopic (exact) mass is 400 g/mol. The second-order valence-electron chi connectivity index (χ2n) is 7.95. The Labute approximate surface area is 171 Å². The van der Waals surface area contributed by atoms with E-state index in [0.717, 1.165) is 38.0 Å². The molecule has 0 radical (unpaired) electrons. The van der Waals surface area contributed by atoms with Gasteiger partial charge in [-0.25, -0.2) is 9.40 Å². The Balaban J connectivity index is 1.54. The maximum absolute atomic E-state index is 13.1. The lowest BCUT2D eigenvalue weighted by atomic mass is 10.0. The van der Waals surface area contributed by atoms with Crippen LogP contribution in [0.4, 0.5) is 4.39 Å². The molecular formula is C22H29FN4O2. The van der Waals surface area contributed by atoms with E-state index in [1.165, 1.54) is 22.7 Å². The van der Waals surface area contributed by atoms with Crippen molar-refractivity contribution in [3.05, 3.63) is 47.3 Å². The third-order valence-corrected chi connectivity index (χ3v) is 5.29. The molecule has 6 nitrogen and oxygen atoms in total. The molecule has 7 heteroatoms. The Bertz CT molecular complexity index is 792. The summed E-state index contributed by atoms with van der Waals surface area (Å²) in [6.07, 6.45) is 4.66. The first kappa shape index (κ1) is 21.2. The van der Waals surface area contributed by atoms with Crippen molar-refractivity contribution in [2.24, 2.45) is 5.10 Å². The van der Waals surface area contributed by atoms with Crippen molar-refractivity contribution in [3.8, 4) is 0 Å². The second kappa shape index (κ2) is 9.78. The Kier molecular flexibility index (Phi) is 7.14. The maximum atomic E-state index is 13.1. The molecule has 0 atom stereocenters. The highest BCUT2D eigenvalue weighted by Crippen LogP contribution is 2.16. The quantitative estimate of drug-likeness (QED) is 0.747. The van der Waals surface area contributed by atoms with Gasteiger partial charge in [0.05, 0.1) is 6.54 Å². The zero-order valence-corrected chi connectivity index (χ0v) is 17.2. The van der Waals surface area contributed by atoms with Crippen molar-refractivity contribution in [1.29, 1.82) is 0 Å². The average Bonchev–Trinajstić information content (AvgIpc) is 2.70. The summed E-state index contributed by atoms with van der Waals surface area (Å²) >= 11 is 0. The largest absolute Gasteiger partial charge is 0.348 e. The smallest absolute Gasteiger partial charge is 0.267 e. The molecule has 1 aromatic rings. The molecule has 1 aromatic carbocycles. The summed E-state index contributed by atoms with van der Waals surface area (Å²) in [4.78, 5) is 27.2. The van der Waals surface area contributed by atoms with Gasteiger partial charge in [-0.3, -0.25) is 14.5 Å². The number of hydrogen-bond donors (Lipinski definition) is 1. The minimum Gasteiger partial charge on any atom is -0.348 e. The van der Waals surface area contributed by atoms with Crippen LogP contribution in [0.15, 0.2) is 41.0 Å². The number of likely N-dealkylation sites (tertiary alicyclic amines) is 1. The molecule has 1 saturated heterocycles. The van der Waals surface area contributed by atoms with Crippen LogP contribution in [0.25, 0.3) is 0 Å². The number of benzene rings is 1. The van der Waals surface area contributed by atoms with Gasteiger partial charge in [-0.2, -0.15) is 5.10 Å². The lowest BCUT2D eigenvalue weighted by Gasteiger charge is -2.32. The molecule has 2 amide bonds. The number of hydrogen-bond acceptors (Lipinski definition) is 4. The Morgan fingerprint density at radius 1 is 1.21 bits per heavy atom. The topological polar surface area (TPSA) is 65.0 Å². The van der Waals surface area contributed by atoms with Crippen molar-refractivity contribution in [3.63, 3.8) is 0 Å². The summed E-state index contributed by atoms with van der Waals surface area (Å²) in [5, 5.41) is 8.68. The van der Waals surface area contributed by atoms with E-state index in [4.69, 9.17) is 0 Å². The molecule has 1 N–H and O–H groups in total. The number of hydrazone groups is 1. The van der Waals surface area contributed by atoms with Crippen LogP contribution in [0, 0.1) is 5.82 Å². The standard InChI is InChI=1S/C22H29FN4O2/c1-16(2)9-12-26-13-10-19(11-14-26)24-22(29)20-7-8-21(28)27(25-20)15-17-3-5-18(23)6-4-17/h3-6,9,19H,7-8,10-15H2,1-2H3,(H,24,29). The molecule has 0 bridgehead atoms. The van der Waals surface area contributed by atoms with E-state index in [-0.39, 0.29) is 36.6 Å². The highest BCUT2D eigenvalue weighted by atomic mass is 19.1. The van der Waals surface area contributed by atoms with Crippen LogP contribution < -0.4 is 5.32 Å². The van der Waals surface area contributed by atoms with E-state index in [1.54, 1.807) is 12.1 Å². The van der Waals surface area contributed by atoms with E-state index in [9.17, 15) is 14.0 Å². The molecule has 3 rings (SSSR count). The van der Waals surface area contributed by atoms with E-state index in [1.807, 2.05) is 0 Å². The van der Waals surface area contributed by atoms with Crippen LogP contribution in [0.2, 0.25) is 0 Å². The van der Waals surface area contributed by atoms with Gasteiger partial charge in [0.2, 0.25) is 5.91 Å². The maximum Gasteiger partial charge on any atom is 0.267 e. The van der Waals surface area contributed by atoms with E-state index in [0.29, 0.717) is 12.1 Å². The molecular weight excluding hydrogens is 371 g/mol. The van der Waals surface area contributed by atoms with Gasteiger partial charge >= 0.3 is 0 Å². The number of amides is 2. The summed E-state index contributed by atoms with van der Waals surface area (Å²) in [6, 6.07) is 6.08. The first-order chi connectivity index (χ1) is 13.9. The molecule has 0 spiro atoms. The van der Waals surface area contributed by atoms with Crippen LogP contribution in [0.3, 0.4) is 0 Å². The van der Waals surface area contributed by atoms with Gasteiger partial charge in [0, 0.05) is 38.5 Å². The van der Waals surface area contributed by atoms with Crippen molar-refractivity contribution in [2.45, 2.75) is 52.1 Å². The van der Waals surface area contributed by atoms with Gasteiger partial charge in [-0.05, 0) is 44.4 Å². The molecule has 0 saturated carbocycles. The van der Waals surface area contributed by atoms with Crippen molar-refractivity contribution >= 4 is 17.5 Å². The number of piperidine rings is 1. The van der Waals surface area contributed by atoms with E-state index < -0.39 is 0 Å². The van der Waals surface area contributed by atoms with Crippen molar-refractivity contribution < 1.29 is 14.0 Å². The van der Waals surface area contributed by atoms with Gasteiger partial charge in [0.15, 0.2) is 0 Å². The summed E-state index contributed by atoms with van der Waals surface area (Å²) in [5.41, 5.74) is 2.48. The summed E-state index contributed by atoms with van der Waals surface area (Å²) < 4.78 is 13.1. The molecule has 2 aliphatic heterocycles. The van der Waals surface area contributed by atoms with Gasteiger partial charge in [-0.1, -0.05) is 23.8 Å². The highest BCUT2D eigenvalue weighted by Gasteiger charge is 2.27. The number of carbonyl (C=O) groups is 2. The predicted molar refractivity (Wildman–Crippen MR) is 111 cm³/mol. The molecule has 0 unspecified atom stereocenters. The number of carbonyl (C=O) groups excluding carboxylic acids is 2. The molecule has 2 aliphatic rings. The summed E-state index contributed by atoms with van der Waals surface area (Å²) in [6.45, 7) is 7.30. The lowest BCUT2D eigenvalue weighted by Crippen LogP contribution is -2.47. The number of allylic oxidation sites excluding steroid dienone is 1. The first-order valence-electron chi connectivity index (χ1n) is 10.2. The van der Waals surface area contributed by atoms with Gasteiger partial charge in [-0.15, -0.1) is 0 Å².